The van der Waals surface area contributed by atoms with E-state index in [9.17, 15) is 14.0 Å². The van der Waals surface area contributed by atoms with Gasteiger partial charge in [-0.2, -0.15) is 0 Å². The standard InChI is InChI=1S/C14H17FO2/c1-11(8-9-16)13(10-17)5-2-12-3-6-14(15)7-4-12/h3-4,6-7,9-11,13H,2,5,8H2,1H3. The van der Waals surface area contributed by atoms with Gasteiger partial charge >= 0.3 is 0 Å². The van der Waals surface area contributed by atoms with Crippen LogP contribution >= 0.6 is 0 Å². The van der Waals surface area contributed by atoms with Crippen LogP contribution in [0.15, 0.2) is 24.3 Å². The molecular formula is C14H17FO2. The van der Waals surface area contributed by atoms with Crippen molar-refractivity contribution in [3.05, 3.63) is 35.6 Å². The summed E-state index contributed by atoms with van der Waals surface area (Å²) in [4.78, 5) is 21.3. The zero-order valence-electron chi connectivity index (χ0n) is 9.93. The highest BCUT2D eigenvalue weighted by Crippen LogP contribution is 2.18. The summed E-state index contributed by atoms with van der Waals surface area (Å²) in [6.45, 7) is 1.90. The molecule has 1 rings (SSSR count). The van der Waals surface area contributed by atoms with Gasteiger partial charge < -0.3 is 9.59 Å². The Morgan fingerprint density at radius 2 is 1.88 bits per heavy atom. The normalized spacial score (nSPS) is 14.0. The predicted molar refractivity (Wildman–Crippen MR) is 64.1 cm³/mol. The number of carbonyl (C=O) groups is 2. The van der Waals surface area contributed by atoms with Crippen LogP contribution in [0.2, 0.25) is 0 Å². The van der Waals surface area contributed by atoms with Gasteiger partial charge in [-0.05, 0) is 36.5 Å². The third-order valence-electron chi connectivity index (χ3n) is 3.05. The Hall–Kier alpha value is -1.51. The molecular weight excluding hydrogens is 219 g/mol. The maximum absolute atomic E-state index is 12.7. The topological polar surface area (TPSA) is 34.1 Å². The predicted octanol–water partition coefficient (Wildman–Crippen LogP) is 2.80. The number of aryl methyl sites for hydroxylation is 1. The molecule has 0 aliphatic heterocycles. The number of halogens is 1. The number of carbonyl (C=O) groups excluding carboxylic acids is 2. The second kappa shape index (κ2) is 6.94. The first-order valence-electron chi connectivity index (χ1n) is 5.80. The summed E-state index contributed by atoms with van der Waals surface area (Å²) in [7, 11) is 0. The molecule has 0 fully saturated rings. The van der Waals surface area contributed by atoms with Crippen molar-refractivity contribution in [2.45, 2.75) is 26.2 Å². The first-order valence-corrected chi connectivity index (χ1v) is 5.80. The molecule has 1 aromatic rings. The highest BCUT2D eigenvalue weighted by atomic mass is 19.1. The van der Waals surface area contributed by atoms with E-state index in [-0.39, 0.29) is 17.7 Å². The average Bonchev–Trinajstić information content (AvgIpc) is 2.32. The maximum Gasteiger partial charge on any atom is 0.123 e. The monoisotopic (exact) mass is 236 g/mol. The minimum absolute atomic E-state index is 0.0745. The Balaban J connectivity index is 2.49. The molecule has 0 heterocycles. The van der Waals surface area contributed by atoms with E-state index in [1.807, 2.05) is 6.92 Å². The Morgan fingerprint density at radius 1 is 1.24 bits per heavy atom. The van der Waals surface area contributed by atoms with Crippen LogP contribution in [-0.4, -0.2) is 12.6 Å². The van der Waals surface area contributed by atoms with Crippen molar-refractivity contribution in [1.29, 1.82) is 0 Å². The average molecular weight is 236 g/mol. The summed E-state index contributed by atoms with van der Waals surface area (Å²) < 4.78 is 12.7. The van der Waals surface area contributed by atoms with E-state index in [0.29, 0.717) is 12.8 Å². The van der Waals surface area contributed by atoms with Crippen molar-refractivity contribution in [2.24, 2.45) is 11.8 Å². The van der Waals surface area contributed by atoms with Gasteiger partial charge in [-0.3, -0.25) is 0 Å². The third kappa shape index (κ3) is 4.47. The zero-order chi connectivity index (χ0) is 12.7. The third-order valence-corrected chi connectivity index (χ3v) is 3.05. The molecule has 0 radical (unpaired) electrons. The lowest BCUT2D eigenvalue weighted by Gasteiger charge is -2.16. The molecule has 17 heavy (non-hydrogen) atoms. The van der Waals surface area contributed by atoms with Gasteiger partial charge in [0, 0.05) is 12.3 Å². The second-order valence-electron chi connectivity index (χ2n) is 4.34. The van der Waals surface area contributed by atoms with Gasteiger partial charge in [0.1, 0.15) is 18.4 Å². The fourth-order valence-corrected chi connectivity index (χ4v) is 1.80. The van der Waals surface area contributed by atoms with E-state index in [2.05, 4.69) is 0 Å². The van der Waals surface area contributed by atoms with E-state index < -0.39 is 0 Å². The van der Waals surface area contributed by atoms with Gasteiger partial charge in [0.05, 0.1) is 0 Å². The summed E-state index contributed by atoms with van der Waals surface area (Å²) in [5.41, 5.74) is 1.01. The Morgan fingerprint density at radius 3 is 2.41 bits per heavy atom. The SMILES string of the molecule is CC(CC=O)C(C=O)CCc1ccc(F)cc1. The van der Waals surface area contributed by atoms with E-state index in [0.717, 1.165) is 24.6 Å². The molecule has 0 amide bonds. The van der Waals surface area contributed by atoms with Crippen molar-refractivity contribution >= 4 is 12.6 Å². The number of rotatable bonds is 7. The number of aldehydes is 2. The quantitative estimate of drug-likeness (QED) is 0.682. The highest BCUT2D eigenvalue weighted by Gasteiger charge is 2.15. The van der Waals surface area contributed by atoms with E-state index in [1.54, 1.807) is 12.1 Å². The molecule has 0 aromatic heterocycles. The minimum atomic E-state index is -0.255. The number of hydrogen-bond acceptors (Lipinski definition) is 2. The maximum atomic E-state index is 12.7. The lowest BCUT2D eigenvalue weighted by molar-refractivity contribution is -0.113. The van der Waals surface area contributed by atoms with Crippen LogP contribution in [0.5, 0.6) is 0 Å². The smallest absolute Gasteiger partial charge is 0.123 e. The van der Waals surface area contributed by atoms with Crippen LogP contribution in [0, 0.1) is 17.7 Å². The van der Waals surface area contributed by atoms with Crippen LogP contribution in [0.1, 0.15) is 25.3 Å². The van der Waals surface area contributed by atoms with Gasteiger partial charge in [0.25, 0.3) is 0 Å². The summed E-state index contributed by atoms with van der Waals surface area (Å²) in [5, 5.41) is 0. The number of benzene rings is 1. The van der Waals surface area contributed by atoms with Crippen LogP contribution in [0.3, 0.4) is 0 Å². The largest absolute Gasteiger partial charge is 0.303 e. The molecule has 2 atom stereocenters. The lowest BCUT2D eigenvalue weighted by Crippen LogP contribution is -2.14. The molecule has 0 saturated heterocycles. The molecule has 0 aliphatic rings. The highest BCUT2D eigenvalue weighted by molar-refractivity contribution is 5.56. The van der Waals surface area contributed by atoms with Crippen molar-refractivity contribution in [1.82, 2.24) is 0 Å². The lowest BCUT2D eigenvalue weighted by atomic mass is 9.88. The molecule has 0 spiro atoms. The minimum Gasteiger partial charge on any atom is -0.303 e. The molecule has 2 unspecified atom stereocenters. The molecule has 3 heteroatoms. The van der Waals surface area contributed by atoms with E-state index in [1.165, 1.54) is 12.1 Å². The van der Waals surface area contributed by atoms with E-state index in [4.69, 9.17) is 0 Å². The van der Waals surface area contributed by atoms with Crippen molar-refractivity contribution in [3.8, 4) is 0 Å². The first-order chi connectivity index (χ1) is 8.17. The molecule has 2 nitrogen and oxygen atoms in total. The molecule has 0 N–H and O–H groups in total. The van der Waals surface area contributed by atoms with Gasteiger partial charge in [0.15, 0.2) is 0 Å². The van der Waals surface area contributed by atoms with Crippen LogP contribution in [0.4, 0.5) is 4.39 Å². The van der Waals surface area contributed by atoms with Gasteiger partial charge in [0.2, 0.25) is 0 Å². The Labute approximate surface area is 101 Å². The fraction of sp³-hybridized carbons (Fsp3) is 0.429. The molecule has 0 saturated carbocycles. The Bertz CT molecular complexity index is 359. The van der Waals surface area contributed by atoms with Gasteiger partial charge in [-0.25, -0.2) is 4.39 Å². The fourth-order valence-electron chi connectivity index (χ4n) is 1.80. The van der Waals surface area contributed by atoms with Gasteiger partial charge in [-0.1, -0.05) is 19.1 Å². The van der Waals surface area contributed by atoms with Crippen LogP contribution in [0.25, 0.3) is 0 Å². The summed E-state index contributed by atoms with van der Waals surface area (Å²) in [6, 6.07) is 6.28. The van der Waals surface area contributed by atoms with Crippen LogP contribution < -0.4 is 0 Å². The second-order valence-corrected chi connectivity index (χ2v) is 4.34. The van der Waals surface area contributed by atoms with Gasteiger partial charge in [-0.15, -0.1) is 0 Å². The molecule has 0 aliphatic carbocycles. The summed E-state index contributed by atoms with van der Waals surface area (Å²) >= 11 is 0. The zero-order valence-corrected chi connectivity index (χ0v) is 9.93. The van der Waals surface area contributed by atoms with Crippen molar-refractivity contribution < 1.29 is 14.0 Å². The van der Waals surface area contributed by atoms with Crippen molar-refractivity contribution in [2.75, 3.05) is 0 Å². The molecule has 92 valence electrons. The van der Waals surface area contributed by atoms with E-state index >= 15 is 0 Å². The first kappa shape index (κ1) is 13.6. The molecule has 0 bridgehead atoms. The van der Waals surface area contributed by atoms with Crippen molar-refractivity contribution in [3.63, 3.8) is 0 Å². The number of hydrogen-bond donors (Lipinski definition) is 0. The molecule has 1 aromatic carbocycles. The summed E-state index contributed by atoms with van der Waals surface area (Å²) in [6.07, 6.45) is 3.60. The summed E-state index contributed by atoms with van der Waals surface area (Å²) in [5.74, 6) is -0.286. The van der Waals surface area contributed by atoms with Crippen LogP contribution in [-0.2, 0) is 16.0 Å². The Kier molecular flexibility index (Phi) is 5.53.